The number of nitrogens with zero attached hydrogens (tertiary/aromatic N) is 6. The lowest BCUT2D eigenvalue weighted by Gasteiger charge is -2.26. The van der Waals surface area contributed by atoms with Crippen LogP contribution in [0.25, 0.3) is 22.3 Å². The number of hydrogen-bond acceptors (Lipinski definition) is 6. The maximum Gasteiger partial charge on any atom is 0.132 e. The molecule has 7 nitrogen and oxygen atoms in total. The third-order valence-electron chi connectivity index (χ3n) is 7.18. The highest BCUT2D eigenvalue weighted by Gasteiger charge is 2.26. The van der Waals surface area contributed by atoms with Crippen LogP contribution in [0.5, 0.6) is 0 Å². The summed E-state index contributed by atoms with van der Waals surface area (Å²) in [5, 5.41) is 21.8. The van der Waals surface area contributed by atoms with E-state index >= 15 is 0 Å². The molecule has 1 N–H and O–H groups in total. The van der Waals surface area contributed by atoms with Crippen LogP contribution in [0.2, 0.25) is 0 Å². The average molecular weight is 496 g/mol. The quantitative estimate of drug-likeness (QED) is 0.332. The first kappa shape index (κ1) is 23.8. The summed E-state index contributed by atoms with van der Waals surface area (Å²) in [4.78, 5) is 13.9. The molecule has 0 amide bonds. The van der Waals surface area contributed by atoms with Gasteiger partial charge >= 0.3 is 0 Å². The van der Waals surface area contributed by atoms with E-state index in [0.717, 1.165) is 53.8 Å². The summed E-state index contributed by atoms with van der Waals surface area (Å²) < 4.78 is 2.29. The molecular formula is C28H26ClN7. The number of rotatable bonds is 5. The van der Waals surface area contributed by atoms with Crippen molar-refractivity contribution in [3.8, 4) is 23.4 Å². The number of benzene rings is 1. The maximum atomic E-state index is 9.25. The highest BCUT2D eigenvalue weighted by Crippen LogP contribution is 2.42. The first-order valence-electron chi connectivity index (χ1n) is 12.2. The third kappa shape index (κ3) is 4.76. The second-order valence-electron chi connectivity index (χ2n) is 9.60. The minimum atomic E-state index is 0. The molecular weight excluding hydrogens is 470 g/mol. The van der Waals surface area contributed by atoms with Gasteiger partial charge in [-0.3, -0.25) is 0 Å². The Morgan fingerprint density at radius 1 is 0.889 bits per heavy atom. The Kier molecular flexibility index (Phi) is 6.59. The van der Waals surface area contributed by atoms with Gasteiger partial charge < -0.3 is 9.88 Å². The van der Waals surface area contributed by atoms with Crippen molar-refractivity contribution in [1.82, 2.24) is 19.5 Å². The Morgan fingerprint density at radius 2 is 1.72 bits per heavy atom. The number of nitriles is 2. The van der Waals surface area contributed by atoms with Gasteiger partial charge in [-0.15, -0.1) is 12.4 Å². The van der Waals surface area contributed by atoms with E-state index < -0.39 is 0 Å². The van der Waals surface area contributed by atoms with Gasteiger partial charge in [-0.25, -0.2) is 15.0 Å². The predicted octanol–water partition coefficient (Wildman–Crippen LogP) is 6.66. The number of halogens is 1. The molecule has 8 heteroatoms. The fourth-order valence-electron chi connectivity index (χ4n) is 5.08. The molecule has 3 aromatic heterocycles. The zero-order valence-corrected chi connectivity index (χ0v) is 20.6. The summed E-state index contributed by atoms with van der Waals surface area (Å²) >= 11 is 0. The first-order valence-corrected chi connectivity index (χ1v) is 12.2. The molecule has 1 aromatic carbocycles. The van der Waals surface area contributed by atoms with Crippen LogP contribution >= 0.6 is 12.4 Å². The summed E-state index contributed by atoms with van der Waals surface area (Å²) in [6.45, 7) is 0. The van der Waals surface area contributed by atoms with Crippen molar-refractivity contribution in [2.24, 2.45) is 5.92 Å². The Morgan fingerprint density at radius 3 is 2.47 bits per heavy atom. The molecule has 4 aromatic rings. The molecule has 0 spiro atoms. The topological polar surface area (TPSA) is 103 Å². The Bertz CT molecular complexity index is 1480. The molecule has 0 atom stereocenters. The molecule has 0 bridgehead atoms. The molecule has 180 valence electrons. The van der Waals surface area contributed by atoms with Crippen molar-refractivity contribution in [3.63, 3.8) is 0 Å². The van der Waals surface area contributed by atoms with Crippen LogP contribution in [0, 0.1) is 28.6 Å². The Hall–Kier alpha value is -3.94. The van der Waals surface area contributed by atoms with Gasteiger partial charge in [0.2, 0.25) is 0 Å². The Balaban J connectivity index is 0.00000267. The van der Waals surface area contributed by atoms with Crippen molar-refractivity contribution in [1.29, 1.82) is 10.5 Å². The fraction of sp³-hybridized carbons (Fsp3) is 0.321. The van der Waals surface area contributed by atoms with Gasteiger partial charge in [-0.2, -0.15) is 10.5 Å². The van der Waals surface area contributed by atoms with Crippen molar-refractivity contribution in [3.05, 3.63) is 66.1 Å². The third-order valence-corrected chi connectivity index (χ3v) is 7.18. The summed E-state index contributed by atoms with van der Waals surface area (Å²) in [5.74, 6) is 2.09. The molecule has 2 aliphatic carbocycles. The lowest BCUT2D eigenvalue weighted by Crippen LogP contribution is -2.16. The number of fused-ring (bicyclic) bond motifs is 1. The van der Waals surface area contributed by atoms with Gasteiger partial charge in [0.25, 0.3) is 0 Å². The van der Waals surface area contributed by atoms with Gasteiger partial charge in [0, 0.05) is 23.7 Å². The number of aromatic nitrogens is 4. The average Bonchev–Trinajstić information content (AvgIpc) is 3.68. The van der Waals surface area contributed by atoms with Crippen LogP contribution in [0.4, 0.5) is 11.6 Å². The lowest BCUT2D eigenvalue weighted by molar-refractivity contribution is 0.318. The van der Waals surface area contributed by atoms with E-state index in [4.69, 9.17) is 4.98 Å². The minimum absolute atomic E-state index is 0. The van der Waals surface area contributed by atoms with Crippen LogP contribution in [0.15, 0.2) is 55.0 Å². The number of anilines is 2. The largest absolute Gasteiger partial charge is 0.327 e. The summed E-state index contributed by atoms with van der Waals surface area (Å²) in [7, 11) is 0. The molecule has 6 rings (SSSR count). The summed E-state index contributed by atoms with van der Waals surface area (Å²) in [6, 6.07) is 19.0. The van der Waals surface area contributed by atoms with Crippen LogP contribution in [-0.2, 0) is 0 Å². The predicted molar refractivity (Wildman–Crippen MR) is 141 cm³/mol. The van der Waals surface area contributed by atoms with Gasteiger partial charge in [0.05, 0.1) is 40.8 Å². The zero-order chi connectivity index (χ0) is 23.8. The number of imidazole rings is 1. The summed E-state index contributed by atoms with van der Waals surface area (Å²) in [6.07, 6.45) is 9.87. The van der Waals surface area contributed by atoms with Crippen LogP contribution in [0.1, 0.15) is 61.6 Å². The van der Waals surface area contributed by atoms with Gasteiger partial charge in [-0.1, -0.05) is 6.07 Å². The number of nitrogens with one attached hydrogen (secondary N) is 1. The standard InChI is InChI=1S/C28H25N7.ClH/c29-15-18-1-6-23(7-2-18)35-17-32-24-8-5-21(13-26(24)35)25-12-22(20-3-4-20)14-28(33-25)34-27-11-19(16-30)9-10-31-27;/h5,8-14,17-18,20,23H,1-4,6-7H2,(H,31,33,34);1H. The maximum absolute atomic E-state index is 9.25. The first-order chi connectivity index (χ1) is 17.2. The van der Waals surface area contributed by atoms with E-state index in [1.807, 2.05) is 6.33 Å². The van der Waals surface area contributed by atoms with Crippen LogP contribution in [-0.4, -0.2) is 19.5 Å². The minimum Gasteiger partial charge on any atom is -0.327 e. The second kappa shape index (κ2) is 9.97. The zero-order valence-electron chi connectivity index (χ0n) is 19.8. The van der Waals surface area contributed by atoms with E-state index in [2.05, 4.69) is 62.3 Å². The van der Waals surface area contributed by atoms with E-state index in [0.29, 0.717) is 23.3 Å². The highest BCUT2D eigenvalue weighted by molar-refractivity contribution is 5.85. The van der Waals surface area contributed by atoms with E-state index in [9.17, 15) is 10.5 Å². The molecule has 0 saturated heterocycles. The van der Waals surface area contributed by atoms with Crippen molar-refractivity contribution in [2.45, 2.75) is 50.5 Å². The van der Waals surface area contributed by atoms with Crippen molar-refractivity contribution in [2.75, 3.05) is 5.32 Å². The smallest absolute Gasteiger partial charge is 0.132 e. The fourth-order valence-corrected chi connectivity index (χ4v) is 5.08. The highest BCUT2D eigenvalue weighted by atomic mass is 35.5. The van der Waals surface area contributed by atoms with Crippen molar-refractivity contribution >= 4 is 35.1 Å². The molecule has 0 unspecified atom stereocenters. The van der Waals surface area contributed by atoms with E-state index in [-0.39, 0.29) is 18.3 Å². The number of pyridine rings is 2. The van der Waals surface area contributed by atoms with Crippen LogP contribution < -0.4 is 5.32 Å². The molecule has 0 aliphatic heterocycles. The number of hydrogen-bond donors (Lipinski definition) is 1. The van der Waals surface area contributed by atoms with Gasteiger partial charge in [0.1, 0.15) is 11.6 Å². The molecule has 0 radical (unpaired) electrons. The molecule has 3 heterocycles. The normalized spacial score (nSPS) is 19.2. The van der Waals surface area contributed by atoms with Crippen molar-refractivity contribution < 1.29 is 0 Å². The van der Waals surface area contributed by atoms with Crippen LogP contribution in [0.3, 0.4) is 0 Å². The van der Waals surface area contributed by atoms with Gasteiger partial charge in [-0.05, 0) is 86.4 Å². The molecule has 36 heavy (non-hydrogen) atoms. The molecule has 2 saturated carbocycles. The van der Waals surface area contributed by atoms with E-state index in [1.165, 1.54) is 18.4 Å². The second-order valence-corrected chi connectivity index (χ2v) is 9.60. The Labute approximate surface area is 216 Å². The summed E-state index contributed by atoms with van der Waals surface area (Å²) in [5.41, 5.74) is 5.89. The molecule has 2 aliphatic rings. The monoisotopic (exact) mass is 495 g/mol. The van der Waals surface area contributed by atoms with E-state index in [1.54, 1.807) is 18.3 Å². The SMILES string of the molecule is Cl.N#Cc1ccnc(Nc2cc(C3CC3)cc(-c3ccc4ncn(C5CCC(C#N)CC5)c4c3)n2)c1. The van der Waals surface area contributed by atoms with Gasteiger partial charge in [0.15, 0.2) is 0 Å². The molecule has 2 fully saturated rings. The lowest BCUT2D eigenvalue weighted by atomic mass is 9.87.